The van der Waals surface area contributed by atoms with Crippen LogP contribution < -0.4 is 0 Å². The Balaban J connectivity index is 2.01. The number of hydrogen-bond acceptors (Lipinski definition) is 4. The Bertz CT molecular complexity index is 858. The lowest BCUT2D eigenvalue weighted by molar-refractivity contribution is -0.141. The maximum absolute atomic E-state index is 12.9. The Morgan fingerprint density at radius 1 is 0.963 bits per heavy atom. The predicted molar refractivity (Wildman–Crippen MR) is 101 cm³/mol. The fourth-order valence-corrected chi connectivity index (χ4v) is 3.30. The van der Waals surface area contributed by atoms with E-state index in [4.69, 9.17) is 4.74 Å². The summed E-state index contributed by atoms with van der Waals surface area (Å²) in [7, 11) is 1.30. The van der Waals surface area contributed by atoms with E-state index in [-0.39, 0.29) is 23.7 Å². The molecule has 0 saturated carbocycles. The van der Waals surface area contributed by atoms with Gasteiger partial charge in [0.05, 0.1) is 30.7 Å². The highest BCUT2D eigenvalue weighted by atomic mass is 16.5. The highest BCUT2D eigenvalue weighted by Gasteiger charge is 2.41. The van der Waals surface area contributed by atoms with Crippen LogP contribution in [0.15, 0.2) is 48.5 Å². The molecule has 5 nitrogen and oxygen atoms in total. The lowest BCUT2D eigenvalue weighted by atomic mass is 9.86. The molecule has 0 radical (unpaired) electrons. The molecule has 0 saturated heterocycles. The minimum Gasteiger partial charge on any atom is -0.469 e. The van der Waals surface area contributed by atoms with Gasteiger partial charge in [-0.15, -0.1) is 0 Å². The molecule has 140 valence electrons. The molecule has 2 aromatic rings. The first-order valence-corrected chi connectivity index (χ1v) is 8.88. The van der Waals surface area contributed by atoms with Crippen LogP contribution in [0.4, 0.5) is 0 Å². The fraction of sp³-hybridized carbons (Fsp3) is 0.318. The summed E-state index contributed by atoms with van der Waals surface area (Å²) >= 11 is 0. The monoisotopic (exact) mass is 365 g/mol. The molecule has 0 fully saturated rings. The van der Waals surface area contributed by atoms with E-state index in [1.54, 1.807) is 24.3 Å². The number of hydrogen-bond donors (Lipinski definition) is 0. The standard InChI is InChI=1S/C22H23NO4/c1-22(2,3)15-11-9-14(10-12-15)18(13-19(24)27-4)23-20(25)16-7-5-6-8-17(16)21(23)26/h5-12,18H,13H2,1-4H3. The van der Waals surface area contributed by atoms with Gasteiger partial charge in [0.25, 0.3) is 11.8 Å². The van der Waals surface area contributed by atoms with Crippen LogP contribution in [0.1, 0.15) is 65.1 Å². The highest BCUT2D eigenvalue weighted by Crippen LogP contribution is 2.34. The number of imide groups is 1. The normalized spacial score (nSPS) is 14.9. The molecule has 1 atom stereocenters. The van der Waals surface area contributed by atoms with Crippen LogP contribution in [0, 0.1) is 0 Å². The van der Waals surface area contributed by atoms with Gasteiger partial charge in [-0.3, -0.25) is 19.3 Å². The molecular formula is C22H23NO4. The number of rotatable bonds is 4. The molecule has 2 amide bonds. The number of fused-ring (bicyclic) bond motifs is 1. The second-order valence-electron chi connectivity index (χ2n) is 7.69. The Morgan fingerprint density at radius 2 is 1.48 bits per heavy atom. The van der Waals surface area contributed by atoms with Gasteiger partial charge >= 0.3 is 5.97 Å². The fourth-order valence-electron chi connectivity index (χ4n) is 3.30. The summed E-state index contributed by atoms with van der Waals surface area (Å²) in [4.78, 5) is 38.9. The van der Waals surface area contributed by atoms with Crippen molar-refractivity contribution >= 4 is 17.8 Å². The third kappa shape index (κ3) is 3.50. The van der Waals surface area contributed by atoms with Crippen LogP contribution in [0.25, 0.3) is 0 Å². The Kier molecular flexibility index (Phi) is 4.87. The zero-order valence-corrected chi connectivity index (χ0v) is 16.0. The first-order chi connectivity index (χ1) is 12.7. The topological polar surface area (TPSA) is 63.7 Å². The van der Waals surface area contributed by atoms with Gasteiger partial charge in [0, 0.05) is 0 Å². The van der Waals surface area contributed by atoms with E-state index in [2.05, 4.69) is 20.8 Å². The van der Waals surface area contributed by atoms with Crippen molar-refractivity contribution in [2.45, 2.75) is 38.6 Å². The van der Waals surface area contributed by atoms with Gasteiger partial charge in [-0.2, -0.15) is 0 Å². The third-order valence-corrected chi connectivity index (χ3v) is 4.89. The summed E-state index contributed by atoms with van der Waals surface area (Å²) in [6, 6.07) is 13.7. The largest absolute Gasteiger partial charge is 0.469 e. The van der Waals surface area contributed by atoms with Gasteiger partial charge in [-0.05, 0) is 28.7 Å². The molecule has 5 heteroatoms. The number of carbonyl (C=O) groups excluding carboxylic acids is 3. The molecule has 27 heavy (non-hydrogen) atoms. The number of methoxy groups -OCH3 is 1. The molecule has 0 aromatic heterocycles. The van der Waals surface area contributed by atoms with Crippen LogP contribution in [0.3, 0.4) is 0 Å². The summed E-state index contributed by atoms with van der Waals surface area (Å²) in [6.07, 6.45) is -0.0865. The van der Waals surface area contributed by atoms with Crippen molar-refractivity contribution in [1.82, 2.24) is 4.90 Å². The first-order valence-electron chi connectivity index (χ1n) is 8.88. The minimum absolute atomic E-state index is 0.0219. The van der Waals surface area contributed by atoms with Crippen LogP contribution in [0.5, 0.6) is 0 Å². The zero-order chi connectivity index (χ0) is 19.8. The average Bonchev–Trinajstić information content (AvgIpc) is 2.90. The lowest BCUT2D eigenvalue weighted by Crippen LogP contribution is -2.35. The number of esters is 1. The Morgan fingerprint density at radius 3 is 1.93 bits per heavy atom. The van der Waals surface area contributed by atoms with Crippen LogP contribution in [-0.2, 0) is 14.9 Å². The summed E-state index contributed by atoms with van der Waals surface area (Å²) in [5, 5.41) is 0. The van der Waals surface area contributed by atoms with E-state index in [0.717, 1.165) is 11.1 Å². The van der Waals surface area contributed by atoms with E-state index in [9.17, 15) is 14.4 Å². The van der Waals surface area contributed by atoms with Crippen molar-refractivity contribution in [2.24, 2.45) is 0 Å². The molecule has 1 unspecified atom stereocenters. The van der Waals surface area contributed by atoms with Gasteiger partial charge in [0.2, 0.25) is 0 Å². The van der Waals surface area contributed by atoms with Crippen molar-refractivity contribution < 1.29 is 19.1 Å². The third-order valence-electron chi connectivity index (χ3n) is 4.89. The molecule has 1 aliphatic rings. The summed E-state index contributed by atoms with van der Waals surface area (Å²) in [5.74, 6) is -1.25. The molecule has 3 rings (SSSR count). The Hall–Kier alpha value is -2.95. The molecule has 2 aromatic carbocycles. The van der Waals surface area contributed by atoms with E-state index < -0.39 is 12.0 Å². The van der Waals surface area contributed by atoms with Crippen molar-refractivity contribution in [2.75, 3.05) is 7.11 Å². The van der Waals surface area contributed by atoms with Crippen molar-refractivity contribution in [3.8, 4) is 0 Å². The average molecular weight is 365 g/mol. The van der Waals surface area contributed by atoms with Crippen LogP contribution >= 0.6 is 0 Å². The van der Waals surface area contributed by atoms with Crippen molar-refractivity contribution in [3.63, 3.8) is 0 Å². The van der Waals surface area contributed by atoms with Gasteiger partial charge in [-0.25, -0.2) is 0 Å². The highest BCUT2D eigenvalue weighted by molar-refractivity contribution is 6.21. The molecule has 0 N–H and O–H groups in total. The maximum atomic E-state index is 12.9. The smallest absolute Gasteiger partial charge is 0.307 e. The van der Waals surface area contributed by atoms with E-state index in [1.165, 1.54) is 12.0 Å². The lowest BCUT2D eigenvalue weighted by Gasteiger charge is -2.27. The first kappa shape index (κ1) is 18.8. The van der Waals surface area contributed by atoms with E-state index in [1.807, 2.05) is 24.3 Å². The number of amides is 2. The molecule has 0 aliphatic carbocycles. The number of nitrogens with zero attached hydrogens (tertiary/aromatic N) is 1. The second-order valence-corrected chi connectivity index (χ2v) is 7.69. The van der Waals surface area contributed by atoms with Crippen LogP contribution in [0.2, 0.25) is 0 Å². The summed E-state index contributed by atoms with van der Waals surface area (Å²) < 4.78 is 4.80. The maximum Gasteiger partial charge on any atom is 0.307 e. The second kappa shape index (κ2) is 6.99. The van der Waals surface area contributed by atoms with Gasteiger partial charge in [0.15, 0.2) is 0 Å². The number of ether oxygens (including phenoxy) is 1. The van der Waals surface area contributed by atoms with E-state index in [0.29, 0.717) is 11.1 Å². The molecule has 0 spiro atoms. The van der Waals surface area contributed by atoms with Crippen molar-refractivity contribution in [1.29, 1.82) is 0 Å². The predicted octanol–water partition coefficient (Wildman–Crippen LogP) is 3.88. The summed E-state index contributed by atoms with van der Waals surface area (Å²) in [6.45, 7) is 6.33. The minimum atomic E-state index is -0.709. The number of benzene rings is 2. The van der Waals surface area contributed by atoms with Crippen molar-refractivity contribution in [3.05, 3.63) is 70.8 Å². The Labute approximate surface area is 158 Å². The molecular weight excluding hydrogens is 342 g/mol. The SMILES string of the molecule is COC(=O)CC(c1ccc(C(C)(C)C)cc1)N1C(=O)c2ccccc2C1=O. The number of carbonyl (C=O) groups is 3. The van der Waals surface area contributed by atoms with Crippen LogP contribution in [-0.4, -0.2) is 29.8 Å². The van der Waals surface area contributed by atoms with Gasteiger partial charge < -0.3 is 4.74 Å². The van der Waals surface area contributed by atoms with Gasteiger partial charge in [-0.1, -0.05) is 57.2 Å². The van der Waals surface area contributed by atoms with Gasteiger partial charge in [0.1, 0.15) is 0 Å². The summed E-state index contributed by atoms with van der Waals surface area (Å²) in [5.41, 5.74) is 2.56. The molecule has 1 aliphatic heterocycles. The molecule has 1 heterocycles. The zero-order valence-electron chi connectivity index (χ0n) is 16.0. The van der Waals surface area contributed by atoms with E-state index >= 15 is 0 Å². The molecule has 0 bridgehead atoms. The quantitative estimate of drug-likeness (QED) is 0.609.